The van der Waals surface area contributed by atoms with Crippen LogP contribution in [0.3, 0.4) is 0 Å². The van der Waals surface area contributed by atoms with Crippen LogP contribution in [-0.4, -0.2) is 59.9 Å². The molecule has 2 aliphatic heterocycles. The average molecular weight is 370 g/mol. The first-order valence-electron chi connectivity index (χ1n) is 10.5. The highest BCUT2D eigenvalue weighted by atomic mass is 16.2. The van der Waals surface area contributed by atoms with Crippen LogP contribution in [0.25, 0.3) is 0 Å². The van der Waals surface area contributed by atoms with E-state index in [2.05, 4.69) is 10.2 Å². The molecule has 1 aliphatic carbocycles. The Labute approximate surface area is 162 Å². The van der Waals surface area contributed by atoms with E-state index in [1.807, 2.05) is 36.1 Å². The van der Waals surface area contributed by atoms with Crippen molar-refractivity contribution in [3.05, 3.63) is 35.4 Å². The summed E-state index contributed by atoms with van der Waals surface area (Å²) in [5.74, 6) is 0.554. The number of piperidine rings is 2. The van der Waals surface area contributed by atoms with Gasteiger partial charge in [0.2, 0.25) is 5.91 Å². The molecule has 2 amide bonds. The Morgan fingerprint density at radius 2 is 1.81 bits per heavy atom. The minimum absolute atomic E-state index is 0.145. The maximum Gasteiger partial charge on any atom is 0.253 e. The number of nitrogens with zero attached hydrogens (tertiary/aromatic N) is 2. The summed E-state index contributed by atoms with van der Waals surface area (Å²) in [4.78, 5) is 29.7. The third-order valence-electron chi connectivity index (χ3n) is 6.28. The van der Waals surface area contributed by atoms with Crippen LogP contribution >= 0.6 is 0 Å². The van der Waals surface area contributed by atoms with Gasteiger partial charge in [-0.05, 0) is 64.1 Å². The van der Waals surface area contributed by atoms with Crippen LogP contribution in [0.1, 0.15) is 54.4 Å². The molecule has 2 saturated heterocycles. The van der Waals surface area contributed by atoms with Gasteiger partial charge in [0.05, 0.1) is 5.92 Å². The zero-order valence-electron chi connectivity index (χ0n) is 16.3. The lowest BCUT2D eigenvalue weighted by Crippen LogP contribution is -2.51. The summed E-state index contributed by atoms with van der Waals surface area (Å²) in [5.41, 5.74) is 1.92. The first-order valence-corrected chi connectivity index (χ1v) is 10.5. The number of hydrogen-bond donors (Lipinski definition) is 1. The van der Waals surface area contributed by atoms with E-state index in [0.717, 1.165) is 75.8 Å². The van der Waals surface area contributed by atoms with Gasteiger partial charge in [-0.2, -0.15) is 0 Å². The van der Waals surface area contributed by atoms with Gasteiger partial charge < -0.3 is 10.2 Å². The van der Waals surface area contributed by atoms with Crippen molar-refractivity contribution in [3.63, 3.8) is 0 Å². The van der Waals surface area contributed by atoms with E-state index in [-0.39, 0.29) is 17.7 Å². The van der Waals surface area contributed by atoms with E-state index in [9.17, 15) is 9.59 Å². The highest BCUT2D eigenvalue weighted by molar-refractivity contribution is 5.94. The molecule has 1 unspecified atom stereocenters. The number of carbonyl (C=O) groups is 2. The van der Waals surface area contributed by atoms with Gasteiger partial charge in [-0.25, -0.2) is 0 Å². The Morgan fingerprint density at radius 1 is 1.04 bits per heavy atom. The molecule has 1 saturated carbocycles. The van der Waals surface area contributed by atoms with E-state index in [4.69, 9.17) is 0 Å². The minimum Gasteiger partial charge on any atom is -0.353 e. The molecule has 3 aliphatic rings. The fourth-order valence-corrected chi connectivity index (χ4v) is 4.49. The number of amides is 2. The van der Waals surface area contributed by atoms with Gasteiger partial charge in [0.25, 0.3) is 5.91 Å². The number of hydrogen-bond acceptors (Lipinski definition) is 3. The van der Waals surface area contributed by atoms with Crippen molar-refractivity contribution in [2.75, 3.05) is 26.2 Å². The highest BCUT2D eigenvalue weighted by Crippen LogP contribution is 2.26. The molecular formula is C22H31N3O2. The lowest BCUT2D eigenvalue weighted by Gasteiger charge is -2.42. The summed E-state index contributed by atoms with van der Waals surface area (Å²) in [6, 6.07) is 8.81. The fourth-order valence-electron chi connectivity index (χ4n) is 4.49. The summed E-state index contributed by atoms with van der Waals surface area (Å²) >= 11 is 0. The van der Waals surface area contributed by atoms with E-state index in [1.54, 1.807) is 0 Å². The van der Waals surface area contributed by atoms with E-state index in [0.29, 0.717) is 12.1 Å². The lowest BCUT2D eigenvalue weighted by molar-refractivity contribution is -0.127. The van der Waals surface area contributed by atoms with Crippen molar-refractivity contribution in [1.82, 2.24) is 15.1 Å². The molecule has 5 nitrogen and oxygen atoms in total. The van der Waals surface area contributed by atoms with Gasteiger partial charge in [0.15, 0.2) is 0 Å². The molecule has 5 heteroatoms. The number of aryl methyl sites for hydroxylation is 1. The van der Waals surface area contributed by atoms with Crippen molar-refractivity contribution in [1.29, 1.82) is 0 Å². The molecule has 3 fully saturated rings. The summed E-state index contributed by atoms with van der Waals surface area (Å²) in [7, 11) is 0. The number of likely N-dealkylation sites (tertiary alicyclic amines) is 2. The Kier molecular flexibility index (Phi) is 5.48. The van der Waals surface area contributed by atoms with Gasteiger partial charge in [0.1, 0.15) is 0 Å². The Bertz CT molecular complexity index is 693. The lowest BCUT2D eigenvalue weighted by atomic mass is 9.93. The van der Waals surface area contributed by atoms with Crippen molar-refractivity contribution >= 4 is 11.8 Å². The summed E-state index contributed by atoms with van der Waals surface area (Å²) in [6.45, 7) is 5.62. The monoisotopic (exact) mass is 369 g/mol. The molecule has 0 radical (unpaired) electrons. The summed E-state index contributed by atoms with van der Waals surface area (Å²) < 4.78 is 0. The maximum absolute atomic E-state index is 12.7. The molecule has 2 heterocycles. The zero-order chi connectivity index (χ0) is 18.8. The van der Waals surface area contributed by atoms with Crippen LogP contribution in [0.15, 0.2) is 24.3 Å². The van der Waals surface area contributed by atoms with Crippen LogP contribution in [0.5, 0.6) is 0 Å². The first-order chi connectivity index (χ1) is 13.1. The van der Waals surface area contributed by atoms with Gasteiger partial charge in [-0.3, -0.25) is 14.5 Å². The van der Waals surface area contributed by atoms with Crippen molar-refractivity contribution in [2.24, 2.45) is 5.92 Å². The molecule has 1 atom stereocenters. The predicted molar refractivity (Wildman–Crippen MR) is 106 cm³/mol. The Morgan fingerprint density at radius 3 is 2.52 bits per heavy atom. The Balaban J connectivity index is 1.29. The molecule has 0 bridgehead atoms. The molecule has 1 N–H and O–H groups in total. The van der Waals surface area contributed by atoms with Crippen LogP contribution in [0.2, 0.25) is 0 Å². The summed E-state index contributed by atoms with van der Waals surface area (Å²) in [5, 5.41) is 3.17. The number of benzene rings is 1. The van der Waals surface area contributed by atoms with Gasteiger partial charge in [0, 0.05) is 37.3 Å². The molecular weight excluding hydrogens is 338 g/mol. The van der Waals surface area contributed by atoms with Crippen LogP contribution < -0.4 is 5.32 Å². The maximum atomic E-state index is 12.7. The van der Waals surface area contributed by atoms with Crippen molar-refractivity contribution in [2.45, 2.75) is 57.5 Å². The third-order valence-corrected chi connectivity index (χ3v) is 6.28. The first kappa shape index (κ1) is 18.5. The molecule has 27 heavy (non-hydrogen) atoms. The van der Waals surface area contributed by atoms with Crippen LogP contribution in [0.4, 0.5) is 0 Å². The topological polar surface area (TPSA) is 52.7 Å². The third kappa shape index (κ3) is 4.52. The molecule has 1 aromatic rings. The van der Waals surface area contributed by atoms with Crippen molar-refractivity contribution in [3.8, 4) is 0 Å². The smallest absolute Gasteiger partial charge is 0.253 e. The standard InChI is InChI=1S/C22H31N3O2/c1-16-4-2-5-17(14-16)22(27)24-12-9-20(10-13-24)25-11-3-6-18(15-25)21(26)23-19-7-8-19/h2,4-5,14,18-20H,3,6-13,15H2,1H3,(H,23,26). The van der Waals surface area contributed by atoms with Gasteiger partial charge in [-0.1, -0.05) is 17.7 Å². The highest BCUT2D eigenvalue weighted by Gasteiger charge is 2.34. The van der Waals surface area contributed by atoms with Crippen LogP contribution in [-0.2, 0) is 4.79 Å². The summed E-state index contributed by atoms with van der Waals surface area (Å²) in [6.07, 6.45) is 6.43. The second-order valence-electron chi connectivity index (χ2n) is 8.51. The zero-order valence-corrected chi connectivity index (χ0v) is 16.3. The normalized spacial score (nSPS) is 24.6. The fraction of sp³-hybridized carbons (Fsp3) is 0.636. The minimum atomic E-state index is 0.145. The van der Waals surface area contributed by atoms with Gasteiger partial charge >= 0.3 is 0 Å². The van der Waals surface area contributed by atoms with E-state index in [1.165, 1.54) is 0 Å². The van der Waals surface area contributed by atoms with Crippen molar-refractivity contribution < 1.29 is 9.59 Å². The molecule has 146 valence electrons. The SMILES string of the molecule is Cc1cccc(C(=O)N2CCC(N3CCCC(C(=O)NC4CC4)C3)CC2)c1. The molecule has 4 rings (SSSR count). The number of rotatable bonds is 4. The quantitative estimate of drug-likeness (QED) is 0.888. The molecule has 0 spiro atoms. The van der Waals surface area contributed by atoms with E-state index >= 15 is 0 Å². The van der Waals surface area contributed by atoms with Gasteiger partial charge in [-0.15, -0.1) is 0 Å². The Hall–Kier alpha value is -1.88. The second-order valence-corrected chi connectivity index (χ2v) is 8.51. The molecule has 1 aromatic carbocycles. The van der Waals surface area contributed by atoms with E-state index < -0.39 is 0 Å². The largest absolute Gasteiger partial charge is 0.353 e. The average Bonchev–Trinajstić information content (AvgIpc) is 3.51. The number of carbonyl (C=O) groups excluding carboxylic acids is 2. The predicted octanol–water partition coefficient (Wildman–Crippen LogP) is 2.59. The van der Waals surface area contributed by atoms with Crippen LogP contribution in [0, 0.1) is 12.8 Å². The number of nitrogens with one attached hydrogen (secondary N) is 1. The second kappa shape index (κ2) is 8.01. The molecule has 0 aromatic heterocycles.